The lowest BCUT2D eigenvalue weighted by Crippen LogP contribution is -2.47. The minimum absolute atomic E-state index is 0.0839. The van der Waals surface area contributed by atoms with E-state index in [0.717, 1.165) is 0 Å². The average molecular weight is 430 g/mol. The number of ether oxygens (including phenoxy) is 2. The molecule has 0 spiro atoms. The molecule has 0 bridgehead atoms. The van der Waals surface area contributed by atoms with Gasteiger partial charge in [0, 0.05) is 5.02 Å². The zero-order valence-corrected chi connectivity index (χ0v) is 16.9. The number of urea groups is 1. The topological polar surface area (TPSA) is 120 Å². The lowest BCUT2D eigenvalue weighted by Gasteiger charge is -2.29. The number of esters is 1. The standard InChI is InChI=1S/C21H20ClN3O5/c1-2-29-20(27)17-15(11-30-16-9-8-13(22)10-14(16)19(23)26)24-21(28)25-18(17)12-6-4-3-5-7-12/h3-10,18H,2,11H2,1H3,(H2,23,26)(H2,24,25,28). The van der Waals surface area contributed by atoms with Crippen LogP contribution in [-0.4, -0.2) is 31.1 Å². The van der Waals surface area contributed by atoms with E-state index in [4.69, 9.17) is 26.8 Å². The van der Waals surface area contributed by atoms with Crippen molar-refractivity contribution < 1.29 is 23.9 Å². The number of carbonyl (C=O) groups is 3. The number of amides is 3. The molecule has 2 aromatic carbocycles. The molecule has 156 valence electrons. The third-order valence-corrected chi connectivity index (χ3v) is 4.60. The molecule has 1 atom stereocenters. The second-order valence-electron chi connectivity index (χ2n) is 6.35. The summed E-state index contributed by atoms with van der Waals surface area (Å²) in [5.41, 5.74) is 6.60. The van der Waals surface area contributed by atoms with Gasteiger partial charge < -0.3 is 25.8 Å². The largest absolute Gasteiger partial charge is 0.487 e. The predicted molar refractivity (Wildman–Crippen MR) is 110 cm³/mol. The third-order valence-electron chi connectivity index (χ3n) is 4.36. The Kier molecular flexibility index (Phi) is 6.58. The molecule has 0 fully saturated rings. The van der Waals surface area contributed by atoms with Crippen LogP contribution in [0.15, 0.2) is 59.8 Å². The van der Waals surface area contributed by atoms with Gasteiger partial charge in [0.05, 0.1) is 29.5 Å². The fraction of sp³-hybridized carbons (Fsp3) is 0.190. The first kappa shape index (κ1) is 21.2. The molecule has 0 saturated heterocycles. The van der Waals surface area contributed by atoms with Crippen LogP contribution in [0.1, 0.15) is 28.9 Å². The van der Waals surface area contributed by atoms with Crippen molar-refractivity contribution in [2.45, 2.75) is 13.0 Å². The number of rotatable bonds is 7. The van der Waals surface area contributed by atoms with E-state index in [1.807, 2.05) is 6.07 Å². The highest BCUT2D eigenvalue weighted by atomic mass is 35.5. The predicted octanol–water partition coefficient (Wildman–Crippen LogP) is 2.69. The number of hydrogen-bond donors (Lipinski definition) is 3. The fourth-order valence-corrected chi connectivity index (χ4v) is 3.22. The molecule has 0 aliphatic carbocycles. The molecule has 2 aromatic rings. The van der Waals surface area contributed by atoms with Gasteiger partial charge in [0.15, 0.2) is 0 Å². The lowest BCUT2D eigenvalue weighted by atomic mass is 9.95. The van der Waals surface area contributed by atoms with Crippen molar-refractivity contribution in [1.82, 2.24) is 10.6 Å². The van der Waals surface area contributed by atoms with E-state index in [0.29, 0.717) is 10.6 Å². The van der Waals surface area contributed by atoms with E-state index < -0.39 is 23.9 Å². The highest BCUT2D eigenvalue weighted by molar-refractivity contribution is 6.31. The van der Waals surface area contributed by atoms with Crippen LogP contribution in [0.5, 0.6) is 5.75 Å². The summed E-state index contributed by atoms with van der Waals surface area (Å²) in [4.78, 5) is 36.7. The van der Waals surface area contributed by atoms with Crippen molar-refractivity contribution in [2.75, 3.05) is 13.2 Å². The maximum absolute atomic E-state index is 12.7. The van der Waals surface area contributed by atoms with Crippen molar-refractivity contribution in [3.05, 3.63) is 76.0 Å². The Morgan fingerprint density at radius 1 is 1.17 bits per heavy atom. The van der Waals surface area contributed by atoms with E-state index in [-0.39, 0.29) is 35.8 Å². The van der Waals surface area contributed by atoms with Gasteiger partial charge in [-0.15, -0.1) is 0 Å². The van der Waals surface area contributed by atoms with Gasteiger partial charge in [-0.25, -0.2) is 9.59 Å². The molecule has 9 heteroatoms. The first-order chi connectivity index (χ1) is 14.4. The Morgan fingerprint density at radius 2 is 1.90 bits per heavy atom. The van der Waals surface area contributed by atoms with Crippen molar-refractivity contribution >= 4 is 29.5 Å². The van der Waals surface area contributed by atoms with Crippen molar-refractivity contribution in [3.63, 3.8) is 0 Å². The zero-order valence-electron chi connectivity index (χ0n) is 16.1. The minimum Gasteiger partial charge on any atom is -0.487 e. The molecule has 1 aliphatic rings. The van der Waals surface area contributed by atoms with E-state index in [1.165, 1.54) is 18.2 Å². The van der Waals surface area contributed by atoms with Gasteiger partial charge in [-0.05, 0) is 30.7 Å². The summed E-state index contributed by atoms with van der Waals surface area (Å²) in [5, 5.41) is 5.65. The number of primary amides is 1. The molecule has 30 heavy (non-hydrogen) atoms. The van der Waals surface area contributed by atoms with E-state index in [2.05, 4.69) is 10.6 Å². The molecule has 8 nitrogen and oxygen atoms in total. The van der Waals surface area contributed by atoms with Gasteiger partial charge in [0.2, 0.25) is 0 Å². The molecule has 0 saturated carbocycles. The molecule has 1 unspecified atom stereocenters. The van der Waals surface area contributed by atoms with Gasteiger partial charge in [-0.3, -0.25) is 4.79 Å². The number of hydrogen-bond acceptors (Lipinski definition) is 5. The summed E-state index contributed by atoms with van der Waals surface area (Å²) in [6, 6.07) is 12.2. The monoisotopic (exact) mass is 429 g/mol. The lowest BCUT2D eigenvalue weighted by molar-refractivity contribution is -0.139. The van der Waals surface area contributed by atoms with Crippen LogP contribution in [0.3, 0.4) is 0 Å². The fourth-order valence-electron chi connectivity index (χ4n) is 3.05. The second kappa shape index (κ2) is 9.32. The summed E-state index contributed by atoms with van der Waals surface area (Å²) in [6.07, 6.45) is 0. The normalized spacial score (nSPS) is 15.8. The zero-order chi connectivity index (χ0) is 21.7. The summed E-state index contributed by atoms with van der Waals surface area (Å²) in [7, 11) is 0. The highest BCUT2D eigenvalue weighted by Gasteiger charge is 2.34. The third kappa shape index (κ3) is 4.72. The van der Waals surface area contributed by atoms with Crippen LogP contribution in [0, 0.1) is 0 Å². The molecule has 4 N–H and O–H groups in total. The maximum atomic E-state index is 12.7. The van der Waals surface area contributed by atoms with Gasteiger partial charge in [0.25, 0.3) is 5.91 Å². The maximum Gasteiger partial charge on any atom is 0.338 e. The van der Waals surface area contributed by atoms with Crippen molar-refractivity contribution in [2.24, 2.45) is 5.73 Å². The summed E-state index contributed by atoms with van der Waals surface area (Å²) < 4.78 is 10.9. The molecular weight excluding hydrogens is 410 g/mol. The van der Waals surface area contributed by atoms with Gasteiger partial charge in [-0.1, -0.05) is 41.9 Å². The molecule has 3 amide bonds. The Bertz CT molecular complexity index is 1010. The van der Waals surface area contributed by atoms with Crippen LogP contribution < -0.4 is 21.1 Å². The number of halogens is 1. The van der Waals surface area contributed by atoms with Crippen LogP contribution in [-0.2, 0) is 9.53 Å². The van der Waals surface area contributed by atoms with Crippen molar-refractivity contribution in [3.8, 4) is 5.75 Å². The van der Waals surface area contributed by atoms with E-state index in [9.17, 15) is 14.4 Å². The molecule has 1 heterocycles. The summed E-state index contributed by atoms with van der Waals surface area (Å²) in [6.45, 7) is 1.65. The quantitative estimate of drug-likeness (QED) is 0.584. The SMILES string of the molecule is CCOC(=O)C1=C(COc2ccc(Cl)cc2C(N)=O)NC(=O)NC1c1ccccc1. The minimum atomic E-state index is -0.724. The van der Waals surface area contributed by atoms with Gasteiger partial charge in [0.1, 0.15) is 12.4 Å². The van der Waals surface area contributed by atoms with Crippen LogP contribution in [0.25, 0.3) is 0 Å². The molecule has 0 radical (unpaired) electrons. The second-order valence-corrected chi connectivity index (χ2v) is 6.78. The first-order valence-corrected chi connectivity index (χ1v) is 9.53. The Hall–Kier alpha value is -3.52. The number of carbonyl (C=O) groups excluding carboxylic acids is 3. The average Bonchev–Trinajstić information content (AvgIpc) is 2.73. The van der Waals surface area contributed by atoms with Gasteiger partial charge in [-0.2, -0.15) is 0 Å². The molecule has 1 aliphatic heterocycles. The Labute approximate surface area is 178 Å². The molecule has 3 rings (SSSR count). The summed E-state index contributed by atoms with van der Waals surface area (Å²) >= 11 is 5.92. The smallest absolute Gasteiger partial charge is 0.338 e. The van der Waals surface area contributed by atoms with Gasteiger partial charge >= 0.3 is 12.0 Å². The Balaban J connectivity index is 1.99. The van der Waals surface area contributed by atoms with E-state index in [1.54, 1.807) is 31.2 Å². The number of nitrogens with one attached hydrogen (secondary N) is 2. The molecule has 0 aromatic heterocycles. The van der Waals surface area contributed by atoms with E-state index >= 15 is 0 Å². The number of nitrogens with two attached hydrogens (primary N) is 1. The number of benzene rings is 2. The van der Waals surface area contributed by atoms with Crippen molar-refractivity contribution in [1.29, 1.82) is 0 Å². The first-order valence-electron chi connectivity index (χ1n) is 9.15. The Morgan fingerprint density at radius 3 is 2.57 bits per heavy atom. The van der Waals surface area contributed by atoms with Crippen LogP contribution in [0.2, 0.25) is 5.02 Å². The molecular formula is C21H20ClN3O5. The van der Waals surface area contributed by atoms with Crippen LogP contribution >= 0.6 is 11.6 Å². The summed E-state index contributed by atoms with van der Waals surface area (Å²) in [5.74, 6) is -1.14. The van der Waals surface area contributed by atoms with Crippen LogP contribution in [0.4, 0.5) is 4.79 Å². The highest BCUT2D eigenvalue weighted by Crippen LogP contribution is 2.29.